The summed E-state index contributed by atoms with van der Waals surface area (Å²) in [5.74, 6) is -0.944. The smallest absolute Gasteiger partial charge is 0.329 e. The van der Waals surface area contributed by atoms with Gasteiger partial charge in [0.15, 0.2) is 0 Å². The number of hydrogen-bond donors (Lipinski definition) is 2. The van der Waals surface area contributed by atoms with E-state index < -0.39 is 11.8 Å². The zero-order valence-corrected chi connectivity index (χ0v) is 13.6. The SMILES string of the molecule is COc1ccccc1/C=N\NC(=O)C(=O)NCc1ccc(C)cc1. The molecule has 0 aromatic heterocycles. The lowest BCUT2D eigenvalue weighted by molar-refractivity contribution is -0.139. The van der Waals surface area contributed by atoms with Crippen LogP contribution in [0.4, 0.5) is 0 Å². The Hall–Kier alpha value is -3.15. The van der Waals surface area contributed by atoms with Crippen LogP contribution in [0.2, 0.25) is 0 Å². The van der Waals surface area contributed by atoms with Gasteiger partial charge in [-0.1, -0.05) is 42.0 Å². The molecule has 24 heavy (non-hydrogen) atoms. The number of carbonyl (C=O) groups is 2. The normalized spacial score (nSPS) is 10.4. The third-order valence-electron chi connectivity index (χ3n) is 3.29. The number of aryl methyl sites for hydroxylation is 1. The fraction of sp³-hybridized carbons (Fsp3) is 0.167. The number of ether oxygens (including phenoxy) is 1. The average Bonchev–Trinajstić information content (AvgIpc) is 2.61. The van der Waals surface area contributed by atoms with Crippen LogP contribution in [0, 0.1) is 6.92 Å². The number of hydrazone groups is 1. The molecule has 124 valence electrons. The Bertz CT molecular complexity index is 739. The molecule has 0 heterocycles. The van der Waals surface area contributed by atoms with Crippen molar-refractivity contribution >= 4 is 18.0 Å². The predicted molar refractivity (Wildman–Crippen MR) is 91.8 cm³/mol. The summed E-state index contributed by atoms with van der Waals surface area (Å²) in [4.78, 5) is 23.4. The van der Waals surface area contributed by atoms with Crippen LogP contribution >= 0.6 is 0 Å². The predicted octanol–water partition coefficient (Wildman–Crippen LogP) is 1.77. The quantitative estimate of drug-likeness (QED) is 0.499. The van der Waals surface area contributed by atoms with Gasteiger partial charge in [-0.05, 0) is 24.6 Å². The molecule has 0 aliphatic rings. The number of hydrogen-bond acceptors (Lipinski definition) is 4. The van der Waals surface area contributed by atoms with Crippen molar-refractivity contribution in [3.63, 3.8) is 0 Å². The monoisotopic (exact) mass is 325 g/mol. The summed E-state index contributed by atoms with van der Waals surface area (Å²) in [7, 11) is 1.55. The largest absolute Gasteiger partial charge is 0.496 e. The van der Waals surface area contributed by atoms with Crippen LogP contribution in [0.15, 0.2) is 53.6 Å². The first-order chi connectivity index (χ1) is 11.6. The number of para-hydroxylation sites is 1. The topological polar surface area (TPSA) is 79.8 Å². The minimum Gasteiger partial charge on any atom is -0.496 e. The van der Waals surface area contributed by atoms with Crippen LogP contribution in [-0.2, 0) is 16.1 Å². The standard InChI is InChI=1S/C18H19N3O3/c1-13-7-9-14(10-8-13)11-19-17(22)18(23)21-20-12-15-5-3-4-6-16(15)24-2/h3-10,12H,11H2,1-2H3,(H,19,22)(H,21,23)/b20-12-. The number of carbonyl (C=O) groups excluding carboxylic acids is 2. The van der Waals surface area contributed by atoms with Gasteiger partial charge in [-0.2, -0.15) is 5.10 Å². The Labute approximate surface area is 140 Å². The Morgan fingerprint density at radius 1 is 1.08 bits per heavy atom. The number of nitrogens with zero attached hydrogens (tertiary/aromatic N) is 1. The van der Waals surface area contributed by atoms with Crippen molar-refractivity contribution in [1.29, 1.82) is 0 Å². The Morgan fingerprint density at radius 3 is 2.50 bits per heavy atom. The molecule has 0 saturated heterocycles. The molecule has 0 unspecified atom stereocenters. The van der Waals surface area contributed by atoms with E-state index in [2.05, 4.69) is 15.8 Å². The van der Waals surface area contributed by atoms with Crippen molar-refractivity contribution in [1.82, 2.24) is 10.7 Å². The van der Waals surface area contributed by atoms with E-state index in [-0.39, 0.29) is 6.54 Å². The third-order valence-corrected chi connectivity index (χ3v) is 3.29. The second kappa shape index (κ2) is 8.47. The van der Waals surface area contributed by atoms with E-state index >= 15 is 0 Å². The molecule has 6 heteroatoms. The highest BCUT2D eigenvalue weighted by molar-refractivity contribution is 6.35. The lowest BCUT2D eigenvalue weighted by Crippen LogP contribution is -2.37. The second-order valence-electron chi connectivity index (χ2n) is 5.11. The van der Waals surface area contributed by atoms with Crippen LogP contribution in [0.3, 0.4) is 0 Å². The van der Waals surface area contributed by atoms with Gasteiger partial charge in [-0.15, -0.1) is 0 Å². The number of rotatable bonds is 5. The molecule has 0 atom stereocenters. The molecule has 6 nitrogen and oxygen atoms in total. The summed E-state index contributed by atoms with van der Waals surface area (Å²) < 4.78 is 5.16. The maximum atomic E-state index is 11.7. The highest BCUT2D eigenvalue weighted by Gasteiger charge is 2.11. The fourth-order valence-electron chi connectivity index (χ4n) is 1.95. The summed E-state index contributed by atoms with van der Waals surface area (Å²) in [6.45, 7) is 2.26. The first-order valence-electron chi connectivity index (χ1n) is 7.40. The maximum Gasteiger partial charge on any atom is 0.329 e. The number of amides is 2. The first-order valence-corrected chi connectivity index (χ1v) is 7.40. The third kappa shape index (κ3) is 4.95. The highest BCUT2D eigenvalue weighted by atomic mass is 16.5. The molecule has 0 saturated carbocycles. The van der Waals surface area contributed by atoms with Crippen molar-refractivity contribution in [2.75, 3.05) is 7.11 Å². The van der Waals surface area contributed by atoms with E-state index in [1.54, 1.807) is 19.2 Å². The van der Waals surface area contributed by atoms with Crippen LogP contribution in [0.5, 0.6) is 5.75 Å². The van der Waals surface area contributed by atoms with Crippen molar-refractivity contribution in [2.24, 2.45) is 5.10 Å². The van der Waals surface area contributed by atoms with E-state index in [1.807, 2.05) is 43.3 Å². The van der Waals surface area contributed by atoms with E-state index in [1.165, 1.54) is 6.21 Å². The van der Waals surface area contributed by atoms with Gasteiger partial charge in [0.1, 0.15) is 5.75 Å². The molecule has 2 N–H and O–H groups in total. The van der Waals surface area contributed by atoms with Gasteiger partial charge in [-0.25, -0.2) is 5.43 Å². The Morgan fingerprint density at radius 2 is 1.79 bits per heavy atom. The lowest BCUT2D eigenvalue weighted by atomic mass is 10.1. The molecule has 0 aliphatic carbocycles. The fourth-order valence-corrected chi connectivity index (χ4v) is 1.95. The Kier molecular flexibility index (Phi) is 6.08. The molecule has 2 aromatic rings. The van der Waals surface area contributed by atoms with Gasteiger partial charge in [0.05, 0.1) is 13.3 Å². The summed E-state index contributed by atoms with van der Waals surface area (Å²) >= 11 is 0. The molecule has 0 aliphatic heterocycles. The zero-order chi connectivity index (χ0) is 17.4. The van der Waals surface area contributed by atoms with Gasteiger partial charge >= 0.3 is 11.8 Å². The lowest BCUT2D eigenvalue weighted by Gasteiger charge is -2.05. The average molecular weight is 325 g/mol. The van der Waals surface area contributed by atoms with Crippen LogP contribution in [-0.4, -0.2) is 25.1 Å². The van der Waals surface area contributed by atoms with Crippen molar-refractivity contribution in [2.45, 2.75) is 13.5 Å². The first kappa shape index (κ1) is 17.2. The van der Waals surface area contributed by atoms with Gasteiger partial charge in [0, 0.05) is 12.1 Å². The minimum atomic E-state index is -0.826. The molecule has 0 spiro atoms. The van der Waals surface area contributed by atoms with Crippen LogP contribution in [0.1, 0.15) is 16.7 Å². The minimum absolute atomic E-state index is 0.281. The van der Waals surface area contributed by atoms with Crippen LogP contribution in [0.25, 0.3) is 0 Å². The van der Waals surface area contributed by atoms with Crippen molar-refractivity contribution in [3.05, 3.63) is 65.2 Å². The van der Waals surface area contributed by atoms with Gasteiger partial charge in [0.25, 0.3) is 0 Å². The molecule has 0 fully saturated rings. The van der Waals surface area contributed by atoms with Crippen molar-refractivity contribution in [3.8, 4) is 5.75 Å². The maximum absolute atomic E-state index is 11.7. The van der Waals surface area contributed by atoms with Gasteiger partial charge in [0.2, 0.25) is 0 Å². The van der Waals surface area contributed by atoms with Gasteiger partial charge in [-0.3, -0.25) is 9.59 Å². The number of nitrogens with one attached hydrogen (secondary N) is 2. The van der Waals surface area contributed by atoms with Crippen LogP contribution < -0.4 is 15.5 Å². The molecular weight excluding hydrogens is 306 g/mol. The summed E-state index contributed by atoms with van der Waals surface area (Å²) in [5.41, 5.74) is 4.93. The van der Waals surface area contributed by atoms with Crippen molar-refractivity contribution < 1.29 is 14.3 Å². The summed E-state index contributed by atoms with van der Waals surface area (Å²) in [5, 5.41) is 6.31. The van der Waals surface area contributed by atoms with Gasteiger partial charge < -0.3 is 10.1 Å². The molecule has 2 amide bonds. The molecular formula is C18H19N3O3. The van der Waals surface area contributed by atoms with E-state index in [9.17, 15) is 9.59 Å². The summed E-state index contributed by atoms with van der Waals surface area (Å²) in [6.07, 6.45) is 1.42. The van der Waals surface area contributed by atoms with E-state index in [0.717, 1.165) is 11.1 Å². The molecule has 0 bridgehead atoms. The number of benzene rings is 2. The molecule has 2 rings (SSSR count). The Balaban J connectivity index is 1.84. The number of methoxy groups -OCH3 is 1. The second-order valence-corrected chi connectivity index (χ2v) is 5.11. The highest BCUT2D eigenvalue weighted by Crippen LogP contribution is 2.14. The van der Waals surface area contributed by atoms with E-state index in [4.69, 9.17) is 4.74 Å². The molecule has 0 radical (unpaired) electrons. The zero-order valence-electron chi connectivity index (χ0n) is 13.6. The summed E-state index contributed by atoms with van der Waals surface area (Å²) in [6, 6.07) is 14.9. The molecule has 2 aromatic carbocycles. The van der Waals surface area contributed by atoms with E-state index in [0.29, 0.717) is 11.3 Å².